The summed E-state index contributed by atoms with van der Waals surface area (Å²) in [4.78, 5) is 26.0. The maximum absolute atomic E-state index is 13.9. The van der Waals surface area contributed by atoms with Crippen LogP contribution in [0.5, 0.6) is 11.5 Å². The van der Waals surface area contributed by atoms with Gasteiger partial charge >= 0.3 is 0 Å². The molecular weight excluding hydrogens is 570 g/mol. The smallest absolute Gasteiger partial charge is 0.247 e. The zero-order chi connectivity index (χ0) is 29.4. The van der Waals surface area contributed by atoms with Crippen molar-refractivity contribution in [2.24, 2.45) is 0 Å². The number of amides is 1. The van der Waals surface area contributed by atoms with Gasteiger partial charge in [0.05, 0.1) is 41.3 Å². The highest BCUT2D eigenvalue weighted by Gasteiger charge is 2.24. The highest BCUT2D eigenvalue weighted by Crippen LogP contribution is 2.47. The van der Waals surface area contributed by atoms with Crippen molar-refractivity contribution in [3.05, 3.63) is 76.9 Å². The minimum absolute atomic E-state index is 0.110. The molecule has 41 heavy (non-hydrogen) atoms. The number of carbonyl (C=O) groups excluding carboxylic acids is 1. The second kappa shape index (κ2) is 11.2. The van der Waals surface area contributed by atoms with Gasteiger partial charge in [0.2, 0.25) is 11.9 Å². The van der Waals surface area contributed by atoms with Crippen LogP contribution in [0.15, 0.2) is 55.4 Å². The number of hydrogen-bond acceptors (Lipinski definition) is 7. The van der Waals surface area contributed by atoms with E-state index in [1.807, 2.05) is 30.5 Å². The fourth-order valence-electron chi connectivity index (χ4n) is 4.32. The van der Waals surface area contributed by atoms with E-state index in [1.165, 1.54) is 32.4 Å². The van der Waals surface area contributed by atoms with Crippen molar-refractivity contribution in [1.29, 1.82) is 0 Å². The van der Waals surface area contributed by atoms with Gasteiger partial charge in [0.1, 0.15) is 23.0 Å². The number of fused-ring (bicyclic) bond motifs is 3. The summed E-state index contributed by atoms with van der Waals surface area (Å²) in [6.45, 7) is 7.51. The zero-order valence-electron chi connectivity index (χ0n) is 22.6. The van der Waals surface area contributed by atoms with Gasteiger partial charge in [0, 0.05) is 35.0 Å². The molecule has 5 rings (SSSR count). The van der Waals surface area contributed by atoms with Gasteiger partial charge in [-0.25, -0.2) is 14.4 Å². The number of anilines is 3. The fraction of sp³-hybridized carbons (Fsp3) is 0.172. The summed E-state index contributed by atoms with van der Waals surface area (Å²) in [6, 6.07) is 7.41. The lowest BCUT2D eigenvalue weighted by Crippen LogP contribution is -2.10. The Morgan fingerprint density at radius 1 is 1.05 bits per heavy atom. The lowest BCUT2D eigenvalue weighted by Gasteiger charge is -2.16. The minimum atomic E-state index is -0.519. The Hall–Kier alpha value is -4.41. The molecule has 0 aliphatic carbocycles. The molecule has 5 aromatic rings. The summed E-state index contributed by atoms with van der Waals surface area (Å²) in [7, 11) is 3.02. The standard InChI is InChI=1S/C29H25Cl2FN6O3/c1-6-23(39)34-19-10-16(32)7-8-18(19)36-29-33-12-15-9-17(24-25(30)21(40-4)11-22(41-5)26(24)31)28-35-20(14(2)3)13-38(28)27(15)37-29/h6-14H,1H2,2-5H3,(H,34,39)(H,33,36,37). The van der Waals surface area contributed by atoms with Crippen LogP contribution < -0.4 is 20.1 Å². The van der Waals surface area contributed by atoms with E-state index in [4.69, 9.17) is 42.6 Å². The molecule has 0 atom stereocenters. The number of aromatic nitrogens is 4. The summed E-state index contributed by atoms with van der Waals surface area (Å²) in [5.74, 6) is 0.107. The Morgan fingerprint density at radius 3 is 2.39 bits per heavy atom. The molecule has 1 amide bonds. The van der Waals surface area contributed by atoms with E-state index in [0.717, 1.165) is 11.8 Å². The molecule has 9 nitrogen and oxygen atoms in total. The molecule has 0 bridgehead atoms. The van der Waals surface area contributed by atoms with Gasteiger partial charge in [-0.1, -0.05) is 43.6 Å². The molecule has 0 aliphatic heterocycles. The van der Waals surface area contributed by atoms with Crippen molar-refractivity contribution in [3.8, 4) is 22.6 Å². The van der Waals surface area contributed by atoms with Crippen LogP contribution in [0.3, 0.4) is 0 Å². The molecule has 2 N–H and O–H groups in total. The van der Waals surface area contributed by atoms with Gasteiger partial charge in [0.15, 0.2) is 5.65 Å². The van der Waals surface area contributed by atoms with E-state index in [2.05, 4.69) is 22.2 Å². The lowest BCUT2D eigenvalue weighted by molar-refractivity contribution is -0.111. The van der Waals surface area contributed by atoms with Gasteiger partial charge in [-0.05, 0) is 36.3 Å². The molecule has 210 valence electrons. The molecule has 0 spiro atoms. The van der Waals surface area contributed by atoms with E-state index < -0.39 is 11.7 Å². The molecule has 12 heteroatoms. The second-order valence-electron chi connectivity index (χ2n) is 9.34. The lowest BCUT2D eigenvalue weighted by atomic mass is 10.0. The number of benzene rings is 2. The predicted molar refractivity (Wildman–Crippen MR) is 159 cm³/mol. The maximum Gasteiger partial charge on any atom is 0.247 e. The molecule has 2 aromatic carbocycles. The highest BCUT2D eigenvalue weighted by atomic mass is 35.5. The van der Waals surface area contributed by atoms with Crippen LogP contribution in [0.4, 0.5) is 21.7 Å². The van der Waals surface area contributed by atoms with Crippen LogP contribution in [0, 0.1) is 5.82 Å². The molecule has 0 aliphatic rings. The maximum atomic E-state index is 13.9. The number of nitrogens with zero attached hydrogens (tertiary/aromatic N) is 4. The highest BCUT2D eigenvalue weighted by molar-refractivity contribution is 6.41. The monoisotopic (exact) mass is 594 g/mol. The number of pyridine rings is 1. The molecule has 0 fully saturated rings. The third-order valence-electron chi connectivity index (χ3n) is 6.40. The van der Waals surface area contributed by atoms with Crippen LogP contribution in [0.25, 0.3) is 27.8 Å². The largest absolute Gasteiger partial charge is 0.495 e. The van der Waals surface area contributed by atoms with Crippen molar-refractivity contribution in [3.63, 3.8) is 0 Å². The Bertz CT molecular complexity index is 1810. The number of ether oxygens (including phenoxy) is 2. The average Bonchev–Trinajstić information content (AvgIpc) is 3.41. The van der Waals surface area contributed by atoms with Crippen molar-refractivity contribution in [1.82, 2.24) is 19.4 Å². The van der Waals surface area contributed by atoms with Gasteiger partial charge < -0.3 is 20.1 Å². The number of rotatable bonds is 8. The van der Waals surface area contributed by atoms with E-state index in [-0.39, 0.29) is 17.6 Å². The third-order valence-corrected chi connectivity index (χ3v) is 7.15. The third kappa shape index (κ3) is 5.23. The number of carbonyl (C=O) groups is 1. The first kappa shape index (κ1) is 28.1. The van der Waals surface area contributed by atoms with Crippen molar-refractivity contribution in [2.45, 2.75) is 19.8 Å². The topological polar surface area (TPSA) is 103 Å². The number of methoxy groups -OCH3 is 2. The van der Waals surface area contributed by atoms with Crippen molar-refractivity contribution >= 4 is 63.1 Å². The first-order valence-electron chi connectivity index (χ1n) is 12.4. The summed E-state index contributed by atoms with van der Waals surface area (Å²) < 4.78 is 26.7. The molecule has 0 saturated heterocycles. The van der Waals surface area contributed by atoms with Crippen LogP contribution in [0.1, 0.15) is 25.5 Å². The second-order valence-corrected chi connectivity index (χ2v) is 10.1. The normalized spacial score (nSPS) is 11.2. The molecule has 3 heterocycles. The van der Waals surface area contributed by atoms with Crippen LogP contribution in [-0.4, -0.2) is 39.5 Å². The summed E-state index contributed by atoms with van der Waals surface area (Å²) in [5, 5.41) is 6.92. The molecule has 3 aromatic heterocycles. The van der Waals surface area contributed by atoms with Crippen LogP contribution >= 0.6 is 23.2 Å². The van der Waals surface area contributed by atoms with Crippen LogP contribution in [0.2, 0.25) is 10.0 Å². The van der Waals surface area contributed by atoms with E-state index in [9.17, 15) is 9.18 Å². The van der Waals surface area contributed by atoms with E-state index in [0.29, 0.717) is 55.0 Å². The van der Waals surface area contributed by atoms with Crippen LogP contribution in [-0.2, 0) is 4.79 Å². The van der Waals surface area contributed by atoms with Crippen molar-refractivity contribution < 1.29 is 18.7 Å². The first-order valence-corrected chi connectivity index (χ1v) is 13.2. The SMILES string of the molecule is C=CC(=O)Nc1cc(F)ccc1Nc1ncc2cc(-c3c(Cl)c(OC)cc(OC)c3Cl)c3nc(C(C)C)cn3c2n1. The first-order chi connectivity index (χ1) is 19.6. The minimum Gasteiger partial charge on any atom is -0.495 e. The molecule has 0 saturated carbocycles. The Kier molecular flexibility index (Phi) is 7.70. The van der Waals surface area contributed by atoms with Gasteiger partial charge in [-0.3, -0.25) is 9.20 Å². The Balaban J connectivity index is 1.71. The van der Waals surface area contributed by atoms with E-state index >= 15 is 0 Å². The average molecular weight is 595 g/mol. The molecule has 0 unspecified atom stereocenters. The summed E-state index contributed by atoms with van der Waals surface area (Å²) >= 11 is 13.6. The van der Waals surface area contributed by atoms with E-state index in [1.54, 1.807) is 12.3 Å². The van der Waals surface area contributed by atoms with Crippen molar-refractivity contribution in [2.75, 3.05) is 24.9 Å². The van der Waals surface area contributed by atoms with Gasteiger partial charge in [-0.2, -0.15) is 4.98 Å². The van der Waals surface area contributed by atoms with Gasteiger partial charge in [-0.15, -0.1) is 0 Å². The predicted octanol–water partition coefficient (Wildman–Crippen LogP) is 7.40. The number of imidazole rings is 1. The number of hydrogen-bond donors (Lipinski definition) is 2. The fourth-order valence-corrected chi connectivity index (χ4v) is 5.03. The molecule has 0 radical (unpaired) electrons. The molecular formula is C29H25Cl2FN6O3. The summed E-state index contributed by atoms with van der Waals surface area (Å²) in [5.41, 5.74) is 3.65. The van der Waals surface area contributed by atoms with Gasteiger partial charge in [0.25, 0.3) is 0 Å². The Labute approximate surface area is 244 Å². The zero-order valence-corrected chi connectivity index (χ0v) is 24.1. The quantitative estimate of drug-likeness (QED) is 0.180. The number of nitrogens with one attached hydrogen (secondary N) is 2. The summed E-state index contributed by atoms with van der Waals surface area (Å²) in [6.07, 6.45) is 4.63. The number of halogens is 3. The Morgan fingerprint density at radius 2 is 1.76 bits per heavy atom.